The number of methoxy groups -OCH3 is 1. The van der Waals surface area contributed by atoms with Crippen LogP contribution >= 0.6 is 0 Å². The van der Waals surface area contributed by atoms with E-state index in [1.807, 2.05) is 0 Å². The first-order valence-electron chi connectivity index (χ1n) is 7.12. The highest BCUT2D eigenvalue weighted by atomic mass is 16.6. The fourth-order valence-corrected chi connectivity index (χ4v) is 2.38. The maximum Gasteiger partial charge on any atom is 0.314 e. The number of benzene rings is 2. The minimum Gasteiger partial charge on any atom is -0.497 e. The molecule has 1 aliphatic heterocycles. The highest BCUT2D eigenvalue weighted by Gasteiger charge is 2.50. The number of aliphatic hydroxyl groups is 2. The van der Waals surface area contributed by atoms with Crippen LogP contribution in [0.1, 0.15) is 5.56 Å². The van der Waals surface area contributed by atoms with Crippen LogP contribution in [0, 0.1) is 10.1 Å². The fraction of sp³-hybridized carbons (Fsp3) is 0.125. The van der Waals surface area contributed by atoms with Gasteiger partial charge in [-0.2, -0.15) is 10.1 Å². The summed E-state index contributed by atoms with van der Waals surface area (Å²) in [6, 6.07) is 11.3. The van der Waals surface area contributed by atoms with E-state index in [0.29, 0.717) is 11.3 Å². The second kappa shape index (κ2) is 5.96. The van der Waals surface area contributed by atoms with Crippen LogP contribution in [0.25, 0.3) is 0 Å². The lowest BCUT2D eigenvalue weighted by molar-refractivity contribution is -0.384. The highest BCUT2D eigenvalue weighted by molar-refractivity contribution is 6.26. The Morgan fingerprint density at radius 2 is 1.88 bits per heavy atom. The van der Waals surface area contributed by atoms with Crippen molar-refractivity contribution < 1.29 is 24.7 Å². The molecule has 0 spiro atoms. The topological polar surface area (TPSA) is 126 Å². The molecule has 0 radical (unpaired) electrons. The molecule has 2 aromatic carbocycles. The molecule has 0 fully saturated rings. The van der Waals surface area contributed by atoms with Crippen molar-refractivity contribution in [1.29, 1.82) is 0 Å². The van der Waals surface area contributed by atoms with Gasteiger partial charge >= 0.3 is 5.91 Å². The van der Waals surface area contributed by atoms with E-state index in [2.05, 4.69) is 5.10 Å². The van der Waals surface area contributed by atoms with Crippen LogP contribution < -0.4 is 9.75 Å². The van der Waals surface area contributed by atoms with E-state index in [-0.39, 0.29) is 17.1 Å². The smallest absolute Gasteiger partial charge is 0.314 e. The Balaban J connectivity index is 2.02. The first-order valence-corrected chi connectivity index (χ1v) is 7.12. The number of nitro groups is 1. The number of carbonyl (C=O) groups excluding carboxylic acids is 1. The average molecular weight is 343 g/mol. The minimum atomic E-state index is -2.83. The van der Waals surface area contributed by atoms with Crippen molar-refractivity contribution in [2.75, 3.05) is 12.1 Å². The third kappa shape index (κ3) is 2.82. The lowest BCUT2D eigenvalue weighted by Gasteiger charge is -2.17. The summed E-state index contributed by atoms with van der Waals surface area (Å²) in [4.78, 5) is 22.5. The van der Waals surface area contributed by atoms with E-state index in [9.17, 15) is 25.1 Å². The number of nitrogens with zero attached hydrogens (tertiary/aromatic N) is 3. The Hall–Kier alpha value is -3.30. The summed E-state index contributed by atoms with van der Waals surface area (Å²) in [7, 11) is 1.45. The number of anilines is 1. The SMILES string of the molecule is COc1cccc(C2=NN(c3ccc([N+](=O)[O-])cc3)C(=O)C2(O)O)c1. The van der Waals surface area contributed by atoms with Crippen molar-refractivity contribution in [2.45, 2.75) is 5.79 Å². The molecule has 0 unspecified atom stereocenters. The van der Waals surface area contributed by atoms with Crippen molar-refractivity contribution in [3.05, 3.63) is 64.2 Å². The summed E-state index contributed by atoms with van der Waals surface area (Å²) in [6.45, 7) is 0. The molecule has 0 aliphatic carbocycles. The average Bonchev–Trinajstić information content (AvgIpc) is 2.85. The first kappa shape index (κ1) is 16.6. The molecule has 3 rings (SSSR count). The molecule has 2 aromatic rings. The molecule has 0 saturated carbocycles. The molecule has 9 nitrogen and oxygen atoms in total. The molecule has 1 aliphatic rings. The molecular formula is C16H13N3O6. The van der Waals surface area contributed by atoms with Gasteiger partial charge in [0, 0.05) is 17.7 Å². The van der Waals surface area contributed by atoms with E-state index in [4.69, 9.17) is 4.74 Å². The number of carbonyl (C=O) groups is 1. The van der Waals surface area contributed by atoms with Gasteiger partial charge in [0.05, 0.1) is 17.7 Å². The van der Waals surface area contributed by atoms with Crippen LogP contribution in [-0.2, 0) is 4.79 Å². The van der Waals surface area contributed by atoms with Gasteiger partial charge in [0.25, 0.3) is 11.5 Å². The third-order valence-electron chi connectivity index (χ3n) is 3.67. The number of amides is 1. The molecule has 1 heterocycles. The number of hydrazone groups is 1. The maximum absolute atomic E-state index is 12.3. The number of hydrogen-bond donors (Lipinski definition) is 2. The number of non-ortho nitro benzene ring substituents is 1. The van der Waals surface area contributed by atoms with Crippen molar-refractivity contribution in [2.24, 2.45) is 5.10 Å². The molecule has 0 saturated heterocycles. The van der Waals surface area contributed by atoms with E-state index < -0.39 is 16.6 Å². The van der Waals surface area contributed by atoms with Gasteiger partial charge in [-0.1, -0.05) is 12.1 Å². The zero-order valence-electron chi connectivity index (χ0n) is 13.0. The van der Waals surface area contributed by atoms with Crippen molar-refractivity contribution in [1.82, 2.24) is 0 Å². The predicted octanol–water partition coefficient (Wildman–Crippen LogP) is 1.04. The van der Waals surface area contributed by atoms with Crippen LogP contribution in [0.2, 0.25) is 0 Å². The normalized spacial score (nSPS) is 15.9. The van der Waals surface area contributed by atoms with Gasteiger partial charge in [-0.25, -0.2) is 0 Å². The van der Waals surface area contributed by atoms with Gasteiger partial charge in [0.15, 0.2) is 0 Å². The number of rotatable bonds is 4. The minimum absolute atomic E-state index is 0.161. The summed E-state index contributed by atoms with van der Waals surface area (Å²) in [5, 5.41) is 35.9. The zero-order chi connectivity index (χ0) is 18.2. The Labute approximate surface area is 141 Å². The van der Waals surface area contributed by atoms with Gasteiger partial charge in [-0.15, -0.1) is 0 Å². The van der Waals surface area contributed by atoms with E-state index in [0.717, 1.165) is 5.01 Å². The summed E-state index contributed by atoms with van der Waals surface area (Å²) < 4.78 is 5.08. The van der Waals surface area contributed by atoms with Crippen molar-refractivity contribution >= 4 is 23.0 Å². The van der Waals surface area contributed by atoms with Gasteiger partial charge in [0.1, 0.15) is 11.5 Å². The number of nitro benzene ring substituents is 1. The summed E-state index contributed by atoms with van der Waals surface area (Å²) >= 11 is 0. The van der Waals surface area contributed by atoms with Crippen LogP contribution in [0.5, 0.6) is 5.75 Å². The van der Waals surface area contributed by atoms with Gasteiger partial charge in [0.2, 0.25) is 0 Å². The van der Waals surface area contributed by atoms with Crippen molar-refractivity contribution in [3.8, 4) is 5.75 Å². The second-order valence-corrected chi connectivity index (χ2v) is 5.24. The molecule has 0 atom stereocenters. The predicted molar refractivity (Wildman–Crippen MR) is 87.3 cm³/mol. The van der Waals surface area contributed by atoms with Gasteiger partial charge < -0.3 is 14.9 Å². The lowest BCUT2D eigenvalue weighted by Crippen LogP contribution is -2.46. The summed E-state index contributed by atoms with van der Waals surface area (Å²) in [5.74, 6) is -3.45. The molecule has 0 bridgehead atoms. The first-order chi connectivity index (χ1) is 11.8. The zero-order valence-corrected chi connectivity index (χ0v) is 13.0. The van der Waals surface area contributed by atoms with E-state index in [1.54, 1.807) is 18.2 Å². The van der Waals surface area contributed by atoms with Crippen LogP contribution in [-0.4, -0.2) is 39.7 Å². The lowest BCUT2D eigenvalue weighted by atomic mass is 10.0. The molecule has 25 heavy (non-hydrogen) atoms. The largest absolute Gasteiger partial charge is 0.497 e. The van der Waals surface area contributed by atoms with E-state index >= 15 is 0 Å². The molecule has 1 amide bonds. The standard InChI is InChI=1S/C16H13N3O6/c1-25-13-4-2-3-10(9-13)14-16(21,22)15(20)18(17-14)11-5-7-12(8-6-11)19(23)24/h2-9,21-22H,1H3. The Kier molecular flexibility index (Phi) is 3.95. The maximum atomic E-state index is 12.3. The number of hydrogen-bond acceptors (Lipinski definition) is 7. The van der Waals surface area contributed by atoms with E-state index in [1.165, 1.54) is 37.4 Å². The van der Waals surface area contributed by atoms with Crippen LogP contribution in [0.4, 0.5) is 11.4 Å². The highest BCUT2D eigenvalue weighted by Crippen LogP contribution is 2.30. The van der Waals surface area contributed by atoms with Gasteiger partial charge in [-0.3, -0.25) is 14.9 Å². The molecule has 9 heteroatoms. The molecule has 2 N–H and O–H groups in total. The Bertz CT molecular complexity index is 876. The molecular weight excluding hydrogens is 330 g/mol. The van der Waals surface area contributed by atoms with Crippen LogP contribution in [0.15, 0.2) is 53.6 Å². The summed E-state index contributed by atoms with van der Waals surface area (Å²) in [5.41, 5.74) is 0.0319. The van der Waals surface area contributed by atoms with Crippen molar-refractivity contribution in [3.63, 3.8) is 0 Å². The van der Waals surface area contributed by atoms with Gasteiger partial charge in [-0.05, 0) is 24.3 Å². The quantitative estimate of drug-likeness (QED) is 0.485. The monoisotopic (exact) mass is 343 g/mol. The third-order valence-corrected chi connectivity index (χ3v) is 3.67. The van der Waals surface area contributed by atoms with Crippen LogP contribution in [0.3, 0.4) is 0 Å². The fourth-order valence-electron chi connectivity index (χ4n) is 2.38. The Morgan fingerprint density at radius 3 is 2.48 bits per heavy atom. The molecule has 0 aromatic heterocycles. The second-order valence-electron chi connectivity index (χ2n) is 5.24. The number of ether oxygens (including phenoxy) is 1. The molecule has 128 valence electrons. The Morgan fingerprint density at radius 1 is 1.20 bits per heavy atom. The summed E-state index contributed by atoms with van der Waals surface area (Å²) in [6.07, 6.45) is 0.